The molecule has 1 heterocycles. The second-order valence-electron chi connectivity index (χ2n) is 5.21. The van der Waals surface area contributed by atoms with Gasteiger partial charge in [-0.25, -0.2) is 0 Å². The number of amides is 1. The van der Waals surface area contributed by atoms with Crippen LogP contribution in [-0.2, 0) is 0 Å². The maximum Gasteiger partial charge on any atom is 0.289 e. The number of halogens is 1. The van der Waals surface area contributed by atoms with Crippen LogP contribution in [0.1, 0.15) is 16.1 Å². The number of nitrogens with zero attached hydrogens (tertiary/aromatic N) is 2. The van der Waals surface area contributed by atoms with Gasteiger partial charge in [-0.2, -0.15) is 0 Å². The molecule has 3 rings (SSSR count). The molecule has 1 N–H and O–H groups in total. The van der Waals surface area contributed by atoms with Crippen molar-refractivity contribution >= 4 is 28.9 Å². The molecule has 0 aliphatic rings. The maximum atomic E-state index is 12.6. The normalized spacial score (nSPS) is 10.5. The third kappa shape index (κ3) is 3.36. The Hall–Kier alpha value is -3.19. The largest absolute Gasteiger partial charge is 0.360 e. The van der Waals surface area contributed by atoms with E-state index < -0.39 is 10.8 Å². The van der Waals surface area contributed by atoms with Gasteiger partial charge in [0.2, 0.25) is 0 Å². The first-order valence-electron chi connectivity index (χ1n) is 7.24. The standard InChI is InChI=1S/C17H12ClN3O4/c1-10-15(16(20-25-10)11-5-3-2-4-6-11)17(22)19-12-7-8-13(18)14(9-12)21(23)24/h2-9H,1H3,(H,19,22). The molecule has 0 radical (unpaired) electrons. The summed E-state index contributed by atoms with van der Waals surface area (Å²) in [4.78, 5) is 23.0. The molecule has 0 unspecified atom stereocenters. The second kappa shape index (κ2) is 6.74. The van der Waals surface area contributed by atoms with E-state index in [0.29, 0.717) is 11.5 Å². The Morgan fingerprint density at radius 3 is 2.64 bits per heavy atom. The Morgan fingerprint density at radius 2 is 1.96 bits per heavy atom. The summed E-state index contributed by atoms with van der Waals surface area (Å²) in [6, 6.07) is 13.1. The molecule has 25 heavy (non-hydrogen) atoms. The average molecular weight is 358 g/mol. The fourth-order valence-corrected chi connectivity index (χ4v) is 2.54. The Balaban J connectivity index is 1.94. The Bertz CT molecular complexity index is 954. The van der Waals surface area contributed by atoms with Crippen molar-refractivity contribution in [2.45, 2.75) is 6.92 Å². The van der Waals surface area contributed by atoms with Gasteiger partial charge in [0.15, 0.2) is 0 Å². The number of rotatable bonds is 4. The van der Waals surface area contributed by atoms with E-state index >= 15 is 0 Å². The van der Waals surface area contributed by atoms with E-state index in [1.54, 1.807) is 19.1 Å². The number of benzene rings is 2. The van der Waals surface area contributed by atoms with Crippen molar-refractivity contribution in [2.75, 3.05) is 5.32 Å². The summed E-state index contributed by atoms with van der Waals surface area (Å²) >= 11 is 5.78. The molecule has 0 bridgehead atoms. The van der Waals surface area contributed by atoms with Crippen molar-refractivity contribution in [3.63, 3.8) is 0 Å². The molecule has 0 saturated heterocycles. The van der Waals surface area contributed by atoms with Crippen molar-refractivity contribution in [1.82, 2.24) is 5.16 Å². The van der Waals surface area contributed by atoms with E-state index in [1.807, 2.05) is 18.2 Å². The van der Waals surface area contributed by atoms with E-state index in [4.69, 9.17) is 16.1 Å². The fourth-order valence-electron chi connectivity index (χ4n) is 2.36. The number of aromatic nitrogens is 1. The minimum atomic E-state index is -0.613. The van der Waals surface area contributed by atoms with Gasteiger partial charge in [-0.1, -0.05) is 47.1 Å². The van der Waals surface area contributed by atoms with Gasteiger partial charge in [0.1, 0.15) is 22.0 Å². The van der Waals surface area contributed by atoms with Gasteiger partial charge in [0.05, 0.1) is 4.92 Å². The number of hydrogen-bond acceptors (Lipinski definition) is 5. The third-order valence-electron chi connectivity index (χ3n) is 3.54. The predicted molar refractivity (Wildman–Crippen MR) is 92.7 cm³/mol. The number of aryl methyl sites for hydroxylation is 1. The number of hydrogen-bond donors (Lipinski definition) is 1. The summed E-state index contributed by atoms with van der Waals surface area (Å²) in [5.74, 6) is -0.131. The third-order valence-corrected chi connectivity index (χ3v) is 3.86. The number of nitro groups is 1. The van der Waals surface area contributed by atoms with Gasteiger partial charge in [-0.3, -0.25) is 14.9 Å². The monoisotopic (exact) mass is 357 g/mol. The summed E-state index contributed by atoms with van der Waals surface area (Å²) < 4.78 is 5.15. The van der Waals surface area contributed by atoms with Crippen LogP contribution in [0, 0.1) is 17.0 Å². The van der Waals surface area contributed by atoms with E-state index in [1.165, 1.54) is 18.2 Å². The van der Waals surface area contributed by atoms with Crippen LogP contribution in [0.4, 0.5) is 11.4 Å². The minimum Gasteiger partial charge on any atom is -0.360 e. The van der Waals surface area contributed by atoms with Gasteiger partial charge in [0, 0.05) is 17.3 Å². The van der Waals surface area contributed by atoms with Crippen LogP contribution < -0.4 is 5.32 Å². The van der Waals surface area contributed by atoms with Crippen LogP contribution in [0.25, 0.3) is 11.3 Å². The SMILES string of the molecule is Cc1onc(-c2ccccc2)c1C(=O)Nc1ccc(Cl)c([N+](=O)[O-])c1. The molecule has 126 valence electrons. The first-order valence-corrected chi connectivity index (χ1v) is 7.62. The Labute approximate surface area is 147 Å². The zero-order valence-corrected chi connectivity index (χ0v) is 13.8. The molecule has 0 saturated carbocycles. The fraction of sp³-hybridized carbons (Fsp3) is 0.0588. The summed E-state index contributed by atoms with van der Waals surface area (Å²) in [5.41, 5.74) is 1.36. The molecule has 2 aromatic carbocycles. The summed E-state index contributed by atoms with van der Waals surface area (Å²) in [6.07, 6.45) is 0. The van der Waals surface area contributed by atoms with Crippen LogP contribution in [0.2, 0.25) is 5.02 Å². The van der Waals surface area contributed by atoms with E-state index in [-0.39, 0.29) is 22.0 Å². The molecule has 0 spiro atoms. The summed E-state index contributed by atoms with van der Waals surface area (Å²) in [7, 11) is 0. The molecule has 0 atom stereocenters. The first-order chi connectivity index (χ1) is 12.0. The van der Waals surface area contributed by atoms with Gasteiger partial charge >= 0.3 is 0 Å². The molecule has 1 amide bonds. The predicted octanol–water partition coefficient (Wildman–Crippen LogP) is 4.46. The molecule has 3 aromatic rings. The number of nitrogens with one attached hydrogen (secondary N) is 1. The molecule has 8 heteroatoms. The van der Waals surface area contributed by atoms with Crippen molar-refractivity contribution in [1.29, 1.82) is 0 Å². The molecule has 0 fully saturated rings. The highest BCUT2D eigenvalue weighted by molar-refractivity contribution is 6.32. The minimum absolute atomic E-state index is 0.00543. The van der Waals surface area contributed by atoms with E-state index in [0.717, 1.165) is 5.56 Å². The van der Waals surface area contributed by atoms with E-state index in [2.05, 4.69) is 10.5 Å². The first kappa shape index (κ1) is 16.7. The zero-order valence-electron chi connectivity index (χ0n) is 13.0. The van der Waals surface area contributed by atoms with Gasteiger partial charge in [0.25, 0.3) is 11.6 Å². The molecule has 0 aliphatic heterocycles. The van der Waals surface area contributed by atoms with Crippen LogP contribution in [0.15, 0.2) is 53.1 Å². The van der Waals surface area contributed by atoms with E-state index in [9.17, 15) is 14.9 Å². The van der Waals surface area contributed by atoms with Crippen molar-refractivity contribution in [3.05, 3.63) is 75.0 Å². The van der Waals surface area contributed by atoms with Crippen LogP contribution >= 0.6 is 11.6 Å². The maximum absolute atomic E-state index is 12.6. The van der Waals surface area contributed by atoms with Crippen molar-refractivity contribution in [2.24, 2.45) is 0 Å². The van der Waals surface area contributed by atoms with Gasteiger partial charge in [-0.05, 0) is 19.1 Å². The molecule has 0 aliphatic carbocycles. The lowest BCUT2D eigenvalue weighted by atomic mass is 10.1. The lowest BCUT2D eigenvalue weighted by Crippen LogP contribution is -2.13. The quantitative estimate of drug-likeness (QED) is 0.549. The van der Waals surface area contributed by atoms with Crippen molar-refractivity contribution in [3.8, 4) is 11.3 Å². The lowest BCUT2D eigenvalue weighted by Gasteiger charge is -2.06. The number of nitro benzene ring substituents is 1. The van der Waals surface area contributed by atoms with Gasteiger partial charge < -0.3 is 9.84 Å². The second-order valence-corrected chi connectivity index (χ2v) is 5.61. The average Bonchev–Trinajstić information content (AvgIpc) is 2.99. The lowest BCUT2D eigenvalue weighted by molar-refractivity contribution is -0.384. The zero-order chi connectivity index (χ0) is 18.0. The Morgan fingerprint density at radius 1 is 1.24 bits per heavy atom. The highest BCUT2D eigenvalue weighted by Crippen LogP contribution is 2.29. The van der Waals surface area contributed by atoms with Crippen molar-refractivity contribution < 1.29 is 14.2 Å². The number of carbonyl (C=O) groups excluding carboxylic acids is 1. The number of anilines is 1. The number of carbonyl (C=O) groups is 1. The molecule has 1 aromatic heterocycles. The molecular formula is C17H12ClN3O4. The summed E-state index contributed by atoms with van der Waals surface area (Å²) in [6.45, 7) is 1.62. The van der Waals surface area contributed by atoms with Crippen LogP contribution in [-0.4, -0.2) is 16.0 Å². The smallest absolute Gasteiger partial charge is 0.289 e. The topological polar surface area (TPSA) is 98.3 Å². The highest BCUT2D eigenvalue weighted by atomic mass is 35.5. The van der Waals surface area contributed by atoms with Gasteiger partial charge in [-0.15, -0.1) is 0 Å². The summed E-state index contributed by atoms with van der Waals surface area (Å²) in [5, 5.41) is 17.5. The molecule has 7 nitrogen and oxygen atoms in total. The molecular weight excluding hydrogens is 346 g/mol. The van der Waals surface area contributed by atoms with Crippen LogP contribution in [0.5, 0.6) is 0 Å². The Kier molecular flexibility index (Phi) is 4.49. The highest BCUT2D eigenvalue weighted by Gasteiger charge is 2.22. The van der Waals surface area contributed by atoms with Crippen LogP contribution in [0.3, 0.4) is 0 Å².